The molecule has 122 valence electrons. The standard InChI is InChI=1S/C16H18N2O4S/c1-16(2,3)13-12(23-8-17-13)14(19)18-9-5-6-10(15(20)21)11(7-9)22-4/h5-8H,1-4H3,(H,18,19)(H,20,21). The Labute approximate surface area is 138 Å². The first-order valence-electron chi connectivity index (χ1n) is 6.90. The van der Waals surface area contributed by atoms with Crippen molar-refractivity contribution in [3.8, 4) is 5.75 Å². The van der Waals surface area contributed by atoms with Crippen LogP contribution in [0.4, 0.5) is 5.69 Å². The number of hydrogen-bond donors (Lipinski definition) is 2. The van der Waals surface area contributed by atoms with Gasteiger partial charge in [-0.2, -0.15) is 0 Å². The van der Waals surface area contributed by atoms with Gasteiger partial charge < -0.3 is 15.2 Å². The Morgan fingerprint density at radius 1 is 1.30 bits per heavy atom. The van der Waals surface area contributed by atoms with Crippen LogP contribution in [-0.4, -0.2) is 29.1 Å². The Hall–Kier alpha value is -2.41. The minimum atomic E-state index is -1.09. The van der Waals surface area contributed by atoms with Crippen LogP contribution >= 0.6 is 11.3 Å². The maximum atomic E-state index is 12.5. The molecule has 0 atom stereocenters. The second kappa shape index (κ2) is 6.37. The maximum Gasteiger partial charge on any atom is 0.339 e. The number of aromatic nitrogens is 1. The summed E-state index contributed by atoms with van der Waals surface area (Å²) in [6.45, 7) is 5.97. The number of carboxylic acid groups (broad SMARTS) is 1. The second-order valence-corrected chi connectivity index (χ2v) is 6.81. The molecule has 1 aromatic carbocycles. The molecular weight excluding hydrogens is 316 g/mol. The van der Waals surface area contributed by atoms with Crippen LogP contribution in [-0.2, 0) is 5.41 Å². The fraction of sp³-hybridized carbons (Fsp3) is 0.312. The molecule has 6 nitrogen and oxygen atoms in total. The molecule has 0 aliphatic carbocycles. The Balaban J connectivity index is 2.28. The van der Waals surface area contributed by atoms with Crippen LogP contribution in [0.25, 0.3) is 0 Å². The fourth-order valence-corrected chi connectivity index (χ4v) is 2.97. The Bertz CT molecular complexity index is 747. The quantitative estimate of drug-likeness (QED) is 0.894. The van der Waals surface area contributed by atoms with Gasteiger partial charge in [0.2, 0.25) is 0 Å². The molecular formula is C16H18N2O4S. The molecule has 0 bridgehead atoms. The van der Waals surface area contributed by atoms with Crippen LogP contribution in [0.1, 0.15) is 46.5 Å². The number of anilines is 1. The lowest BCUT2D eigenvalue weighted by atomic mass is 9.91. The summed E-state index contributed by atoms with van der Waals surface area (Å²) in [6, 6.07) is 4.41. The van der Waals surface area contributed by atoms with Gasteiger partial charge in [-0.15, -0.1) is 11.3 Å². The van der Waals surface area contributed by atoms with E-state index in [0.29, 0.717) is 10.6 Å². The van der Waals surface area contributed by atoms with Crippen molar-refractivity contribution in [3.05, 3.63) is 39.8 Å². The summed E-state index contributed by atoms with van der Waals surface area (Å²) in [7, 11) is 1.38. The molecule has 2 aromatic rings. The predicted octanol–water partition coefficient (Wildman–Crippen LogP) is 3.40. The highest BCUT2D eigenvalue weighted by atomic mass is 32.1. The average Bonchev–Trinajstić information content (AvgIpc) is 2.96. The van der Waals surface area contributed by atoms with Crippen LogP contribution in [0.5, 0.6) is 5.75 Å². The van der Waals surface area contributed by atoms with E-state index in [4.69, 9.17) is 9.84 Å². The minimum absolute atomic E-state index is 0.0404. The molecule has 1 amide bonds. The lowest BCUT2D eigenvalue weighted by Gasteiger charge is -2.17. The number of benzene rings is 1. The number of ether oxygens (including phenoxy) is 1. The van der Waals surface area contributed by atoms with Gasteiger partial charge in [-0.3, -0.25) is 4.79 Å². The van der Waals surface area contributed by atoms with E-state index in [1.807, 2.05) is 20.8 Å². The Morgan fingerprint density at radius 3 is 2.57 bits per heavy atom. The van der Waals surface area contributed by atoms with E-state index in [1.165, 1.54) is 36.6 Å². The van der Waals surface area contributed by atoms with Crippen molar-refractivity contribution in [2.24, 2.45) is 0 Å². The number of nitrogens with zero attached hydrogens (tertiary/aromatic N) is 1. The second-order valence-electron chi connectivity index (χ2n) is 5.95. The van der Waals surface area contributed by atoms with Crippen molar-refractivity contribution >= 4 is 28.9 Å². The molecule has 7 heteroatoms. The SMILES string of the molecule is COc1cc(NC(=O)c2scnc2C(C)(C)C)ccc1C(=O)O. The molecule has 0 radical (unpaired) electrons. The van der Waals surface area contributed by atoms with E-state index >= 15 is 0 Å². The van der Waals surface area contributed by atoms with E-state index in [2.05, 4.69) is 10.3 Å². The van der Waals surface area contributed by atoms with E-state index in [1.54, 1.807) is 5.51 Å². The molecule has 2 rings (SSSR count). The predicted molar refractivity (Wildman–Crippen MR) is 88.7 cm³/mol. The first-order valence-corrected chi connectivity index (χ1v) is 7.78. The molecule has 0 spiro atoms. The van der Waals surface area contributed by atoms with E-state index in [-0.39, 0.29) is 22.6 Å². The van der Waals surface area contributed by atoms with Crippen LogP contribution in [0.15, 0.2) is 23.7 Å². The van der Waals surface area contributed by atoms with E-state index in [9.17, 15) is 9.59 Å². The van der Waals surface area contributed by atoms with Crippen molar-refractivity contribution in [1.82, 2.24) is 4.98 Å². The maximum absolute atomic E-state index is 12.5. The number of thiazole rings is 1. The molecule has 1 heterocycles. The number of aromatic carboxylic acids is 1. The third-order valence-electron chi connectivity index (χ3n) is 3.17. The van der Waals surface area contributed by atoms with Crippen LogP contribution in [0.2, 0.25) is 0 Å². The lowest BCUT2D eigenvalue weighted by Crippen LogP contribution is -2.19. The van der Waals surface area contributed by atoms with Crippen LogP contribution < -0.4 is 10.1 Å². The summed E-state index contributed by atoms with van der Waals surface area (Å²) in [5.74, 6) is -1.17. The van der Waals surface area contributed by atoms with E-state index < -0.39 is 5.97 Å². The molecule has 1 aromatic heterocycles. The monoisotopic (exact) mass is 334 g/mol. The zero-order valence-corrected chi connectivity index (χ0v) is 14.2. The van der Waals surface area contributed by atoms with Crippen LogP contribution in [0.3, 0.4) is 0 Å². The van der Waals surface area contributed by atoms with Gasteiger partial charge in [0.1, 0.15) is 16.2 Å². The number of carbonyl (C=O) groups is 2. The van der Waals surface area contributed by atoms with Crippen molar-refractivity contribution in [2.75, 3.05) is 12.4 Å². The molecule has 23 heavy (non-hydrogen) atoms. The number of amides is 1. The van der Waals surface area contributed by atoms with Gasteiger partial charge in [0, 0.05) is 17.2 Å². The van der Waals surface area contributed by atoms with Crippen molar-refractivity contribution in [2.45, 2.75) is 26.2 Å². The first-order chi connectivity index (χ1) is 10.7. The molecule has 0 saturated carbocycles. The van der Waals surface area contributed by atoms with Gasteiger partial charge >= 0.3 is 5.97 Å². The summed E-state index contributed by atoms with van der Waals surface area (Å²) < 4.78 is 5.06. The summed E-state index contributed by atoms with van der Waals surface area (Å²) in [4.78, 5) is 28.4. The van der Waals surface area contributed by atoms with Crippen molar-refractivity contribution < 1.29 is 19.4 Å². The molecule has 0 aliphatic heterocycles. The highest BCUT2D eigenvalue weighted by Crippen LogP contribution is 2.29. The third kappa shape index (κ3) is 3.68. The van der Waals surface area contributed by atoms with Gasteiger partial charge in [0.25, 0.3) is 5.91 Å². The van der Waals surface area contributed by atoms with Gasteiger partial charge in [-0.05, 0) is 12.1 Å². The fourth-order valence-electron chi connectivity index (χ4n) is 2.08. The normalized spacial score (nSPS) is 11.1. The summed E-state index contributed by atoms with van der Waals surface area (Å²) in [5, 5.41) is 11.8. The average molecular weight is 334 g/mol. The molecule has 2 N–H and O–H groups in total. The third-order valence-corrected chi connectivity index (χ3v) is 4.00. The Kier molecular flexibility index (Phi) is 4.70. The Morgan fingerprint density at radius 2 is 2.00 bits per heavy atom. The summed E-state index contributed by atoms with van der Waals surface area (Å²) in [5.41, 5.74) is 2.64. The zero-order valence-electron chi connectivity index (χ0n) is 13.3. The number of carboxylic acids is 1. The van der Waals surface area contributed by atoms with Crippen molar-refractivity contribution in [3.63, 3.8) is 0 Å². The zero-order chi connectivity index (χ0) is 17.2. The molecule has 0 saturated heterocycles. The summed E-state index contributed by atoms with van der Waals surface area (Å²) in [6.07, 6.45) is 0. The molecule has 0 aliphatic rings. The van der Waals surface area contributed by atoms with Gasteiger partial charge in [0.05, 0.1) is 18.3 Å². The van der Waals surface area contributed by atoms with Crippen molar-refractivity contribution in [1.29, 1.82) is 0 Å². The summed E-state index contributed by atoms with van der Waals surface area (Å²) >= 11 is 1.27. The van der Waals surface area contributed by atoms with E-state index in [0.717, 1.165) is 5.69 Å². The largest absolute Gasteiger partial charge is 0.496 e. The van der Waals surface area contributed by atoms with Gasteiger partial charge in [-0.25, -0.2) is 9.78 Å². The highest BCUT2D eigenvalue weighted by Gasteiger charge is 2.25. The number of hydrogen-bond acceptors (Lipinski definition) is 5. The number of carbonyl (C=O) groups excluding carboxylic acids is 1. The number of rotatable bonds is 4. The van der Waals surface area contributed by atoms with Crippen LogP contribution in [0, 0.1) is 0 Å². The molecule has 0 unspecified atom stereocenters. The highest BCUT2D eigenvalue weighted by molar-refractivity contribution is 7.12. The number of nitrogens with one attached hydrogen (secondary N) is 1. The smallest absolute Gasteiger partial charge is 0.339 e. The number of methoxy groups -OCH3 is 1. The lowest BCUT2D eigenvalue weighted by molar-refractivity contribution is 0.0693. The van der Waals surface area contributed by atoms with Gasteiger partial charge in [0.15, 0.2) is 0 Å². The minimum Gasteiger partial charge on any atom is -0.496 e. The topological polar surface area (TPSA) is 88.5 Å². The molecule has 0 fully saturated rings. The van der Waals surface area contributed by atoms with Gasteiger partial charge in [-0.1, -0.05) is 20.8 Å². The first kappa shape index (κ1) is 17.0.